The van der Waals surface area contributed by atoms with Gasteiger partial charge in [0.25, 0.3) is 5.91 Å². The molecule has 0 unspecified atom stereocenters. The molecule has 3 amide bonds. The van der Waals surface area contributed by atoms with Crippen molar-refractivity contribution in [3.63, 3.8) is 0 Å². The number of rotatable bonds is 2. The Kier molecular flexibility index (Phi) is 4.36. The number of benzene rings is 1. The number of nitrogens with one attached hydrogen (secondary N) is 2. The zero-order chi connectivity index (χ0) is 13.7. The highest BCUT2D eigenvalue weighted by Crippen LogP contribution is 2.14. The van der Waals surface area contributed by atoms with Crippen LogP contribution in [0.15, 0.2) is 48.2 Å². The molecule has 1 radical (unpaired) electrons. The second-order valence-electron chi connectivity index (χ2n) is 3.88. The quantitative estimate of drug-likeness (QED) is 0.872. The predicted molar refractivity (Wildman–Crippen MR) is 73.6 cm³/mol. The van der Waals surface area contributed by atoms with Gasteiger partial charge in [-0.2, -0.15) is 0 Å². The van der Waals surface area contributed by atoms with Crippen LogP contribution in [-0.4, -0.2) is 11.9 Å². The third-order valence-corrected chi connectivity index (χ3v) is 2.80. The summed E-state index contributed by atoms with van der Waals surface area (Å²) < 4.78 is 0. The molecule has 5 heteroatoms. The van der Waals surface area contributed by atoms with Crippen LogP contribution in [0.4, 0.5) is 4.79 Å². The predicted octanol–water partition coefficient (Wildman–Crippen LogP) is 2.83. The Bertz CT molecular complexity index is 564. The van der Waals surface area contributed by atoms with Crippen molar-refractivity contribution in [3.8, 4) is 0 Å². The molecule has 1 aliphatic carbocycles. The molecule has 2 N–H and O–H groups in total. The summed E-state index contributed by atoms with van der Waals surface area (Å²) in [4.78, 5) is 23.4. The zero-order valence-corrected chi connectivity index (χ0v) is 10.8. The first-order chi connectivity index (χ1) is 9.16. The van der Waals surface area contributed by atoms with E-state index in [0.29, 0.717) is 10.7 Å². The van der Waals surface area contributed by atoms with Gasteiger partial charge in [0.2, 0.25) is 0 Å². The minimum atomic E-state index is -0.587. The number of hydrogen-bond acceptors (Lipinski definition) is 2. The van der Waals surface area contributed by atoms with Gasteiger partial charge in [0.05, 0.1) is 10.6 Å². The molecule has 0 atom stereocenters. The molecule has 0 fully saturated rings. The third-order valence-electron chi connectivity index (χ3n) is 2.47. The molecule has 0 spiro atoms. The standard InChI is InChI=1S/C14H12ClN2O2/c15-12-9-5-4-8-11(12)13(18)17-14(19)16-10-6-2-1-3-7-10/h2-9H,1H2,(H2,16,17,18,19). The lowest BCUT2D eigenvalue weighted by Gasteiger charge is -2.10. The van der Waals surface area contributed by atoms with E-state index in [-0.39, 0.29) is 5.56 Å². The van der Waals surface area contributed by atoms with Crippen LogP contribution < -0.4 is 10.6 Å². The number of allylic oxidation sites excluding steroid dienone is 3. The Morgan fingerprint density at radius 2 is 2.00 bits per heavy atom. The van der Waals surface area contributed by atoms with Crippen LogP contribution in [0.5, 0.6) is 0 Å². The molecule has 1 aromatic carbocycles. The Morgan fingerprint density at radius 3 is 2.68 bits per heavy atom. The molecule has 0 aliphatic heterocycles. The summed E-state index contributed by atoms with van der Waals surface area (Å²) in [7, 11) is 0. The van der Waals surface area contributed by atoms with E-state index in [2.05, 4.69) is 10.6 Å². The number of imide groups is 1. The minimum absolute atomic E-state index is 0.263. The number of carbonyl (C=O) groups is 2. The second kappa shape index (κ2) is 6.20. The van der Waals surface area contributed by atoms with Crippen molar-refractivity contribution in [1.82, 2.24) is 10.6 Å². The summed E-state index contributed by atoms with van der Waals surface area (Å²) in [5.74, 6) is -0.535. The van der Waals surface area contributed by atoms with E-state index < -0.39 is 11.9 Å². The Labute approximate surface area is 116 Å². The largest absolute Gasteiger partial charge is 0.326 e. The average Bonchev–Trinajstić information content (AvgIpc) is 2.40. The van der Waals surface area contributed by atoms with Crippen molar-refractivity contribution < 1.29 is 9.59 Å². The van der Waals surface area contributed by atoms with Crippen LogP contribution in [-0.2, 0) is 0 Å². The lowest BCUT2D eigenvalue weighted by atomic mass is 10.1. The summed E-state index contributed by atoms with van der Waals surface area (Å²) in [5, 5.41) is 5.09. The highest BCUT2D eigenvalue weighted by atomic mass is 35.5. The molecular weight excluding hydrogens is 264 g/mol. The summed E-state index contributed by atoms with van der Waals surface area (Å²) in [6.07, 6.45) is 8.21. The lowest BCUT2D eigenvalue weighted by molar-refractivity contribution is 0.0965. The molecule has 19 heavy (non-hydrogen) atoms. The number of amides is 3. The fourth-order valence-corrected chi connectivity index (χ4v) is 1.81. The van der Waals surface area contributed by atoms with Crippen LogP contribution in [0, 0.1) is 6.42 Å². The molecule has 0 saturated heterocycles. The second-order valence-corrected chi connectivity index (χ2v) is 4.29. The van der Waals surface area contributed by atoms with Gasteiger partial charge < -0.3 is 5.32 Å². The maximum atomic E-state index is 11.8. The molecule has 1 aromatic rings. The van der Waals surface area contributed by atoms with Gasteiger partial charge in [0.1, 0.15) is 0 Å². The Morgan fingerprint density at radius 1 is 1.21 bits per heavy atom. The topological polar surface area (TPSA) is 58.2 Å². The van der Waals surface area contributed by atoms with E-state index >= 15 is 0 Å². The van der Waals surface area contributed by atoms with Crippen molar-refractivity contribution in [2.75, 3.05) is 0 Å². The first kappa shape index (κ1) is 13.4. The fraction of sp³-hybridized carbons (Fsp3) is 0.0714. The summed E-state index contributed by atoms with van der Waals surface area (Å²) in [6, 6.07) is 5.96. The molecule has 2 rings (SSSR count). The molecule has 4 nitrogen and oxygen atoms in total. The van der Waals surface area contributed by atoms with Crippen molar-refractivity contribution in [2.24, 2.45) is 0 Å². The highest BCUT2D eigenvalue weighted by molar-refractivity contribution is 6.34. The van der Waals surface area contributed by atoms with Crippen molar-refractivity contribution in [3.05, 3.63) is 65.2 Å². The number of carbonyl (C=O) groups excluding carboxylic acids is 2. The normalized spacial score (nSPS) is 13.6. The van der Waals surface area contributed by atoms with Gasteiger partial charge in [-0.25, -0.2) is 4.79 Å². The van der Waals surface area contributed by atoms with Crippen LogP contribution in [0.1, 0.15) is 16.8 Å². The van der Waals surface area contributed by atoms with E-state index in [1.807, 2.05) is 12.5 Å². The highest BCUT2D eigenvalue weighted by Gasteiger charge is 2.13. The van der Waals surface area contributed by atoms with Crippen LogP contribution in [0.2, 0.25) is 5.02 Å². The van der Waals surface area contributed by atoms with E-state index in [0.717, 1.165) is 6.42 Å². The lowest BCUT2D eigenvalue weighted by Crippen LogP contribution is -2.39. The average molecular weight is 276 g/mol. The maximum absolute atomic E-state index is 11.8. The van der Waals surface area contributed by atoms with Crippen molar-refractivity contribution in [1.29, 1.82) is 0 Å². The molecule has 0 saturated carbocycles. The van der Waals surface area contributed by atoms with Crippen LogP contribution in [0.25, 0.3) is 0 Å². The molecule has 0 bridgehead atoms. The minimum Gasteiger partial charge on any atom is -0.308 e. The Hall–Kier alpha value is -2.07. The van der Waals surface area contributed by atoms with E-state index in [9.17, 15) is 9.59 Å². The van der Waals surface area contributed by atoms with E-state index in [1.54, 1.807) is 36.4 Å². The first-order valence-electron chi connectivity index (χ1n) is 5.74. The van der Waals surface area contributed by atoms with Crippen LogP contribution in [0.3, 0.4) is 0 Å². The van der Waals surface area contributed by atoms with Crippen molar-refractivity contribution in [2.45, 2.75) is 6.42 Å². The summed E-state index contributed by atoms with van der Waals surface area (Å²) >= 11 is 5.87. The number of urea groups is 1. The maximum Gasteiger partial charge on any atom is 0.326 e. The molecule has 1 aliphatic rings. The van der Waals surface area contributed by atoms with Gasteiger partial charge in [-0.05, 0) is 31.1 Å². The summed E-state index contributed by atoms with van der Waals surface area (Å²) in [6.45, 7) is 0. The molecule has 0 heterocycles. The van der Waals surface area contributed by atoms with Crippen molar-refractivity contribution >= 4 is 23.5 Å². The van der Waals surface area contributed by atoms with Gasteiger partial charge in [0, 0.05) is 5.70 Å². The SMILES string of the molecule is O=C(NC(=O)c1ccccc1Cl)NC1=C[CH]CC=C1. The molecule has 0 aromatic heterocycles. The third kappa shape index (κ3) is 3.69. The van der Waals surface area contributed by atoms with E-state index in [4.69, 9.17) is 11.6 Å². The zero-order valence-electron chi connectivity index (χ0n) is 10.0. The smallest absolute Gasteiger partial charge is 0.308 e. The van der Waals surface area contributed by atoms with Gasteiger partial charge >= 0.3 is 6.03 Å². The molecular formula is C14H12ClN2O2. The van der Waals surface area contributed by atoms with E-state index in [1.165, 1.54) is 0 Å². The first-order valence-corrected chi connectivity index (χ1v) is 6.11. The Balaban J connectivity index is 1.96. The van der Waals surface area contributed by atoms with Gasteiger partial charge in [-0.3, -0.25) is 10.1 Å². The summed E-state index contributed by atoms with van der Waals surface area (Å²) in [5.41, 5.74) is 0.898. The van der Waals surface area contributed by atoms with Gasteiger partial charge in [0.15, 0.2) is 0 Å². The van der Waals surface area contributed by atoms with Crippen LogP contribution >= 0.6 is 11.6 Å². The fourth-order valence-electron chi connectivity index (χ4n) is 1.59. The van der Waals surface area contributed by atoms with Gasteiger partial charge in [-0.1, -0.05) is 35.9 Å². The monoisotopic (exact) mass is 275 g/mol. The molecule has 97 valence electrons. The van der Waals surface area contributed by atoms with Gasteiger partial charge in [-0.15, -0.1) is 0 Å². The number of hydrogen-bond donors (Lipinski definition) is 2. The number of halogens is 1.